The summed E-state index contributed by atoms with van der Waals surface area (Å²) in [5, 5.41) is 0.260. The molecule has 2 rings (SSSR count). The van der Waals surface area contributed by atoms with E-state index in [4.69, 9.17) is 16.3 Å². The molecule has 0 saturated heterocycles. The van der Waals surface area contributed by atoms with Crippen molar-refractivity contribution in [1.82, 2.24) is 9.29 Å². The van der Waals surface area contributed by atoms with Crippen LogP contribution in [0.2, 0.25) is 5.02 Å². The third-order valence-corrected chi connectivity index (χ3v) is 5.08. The Morgan fingerprint density at radius 3 is 2.48 bits per heavy atom. The quantitative estimate of drug-likeness (QED) is 0.847. The van der Waals surface area contributed by atoms with E-state index in [0.29, 0.717) is 5.75 Å². The average Bonchev–Trinajstić information content (AvgIpc) is 2.48. The Bertz CT molecular complexity index is 720. The van der Waals surface area contributed by atoms with Crippen molar-refractivity contribution in [3.05, 3.63) is 53.3 Å². The fourth-order valence-electron chi connectivity index (χ4n) is 1.82. The highest BCUT2D eigenvalue weighted by Gasteiger charge is 2.22. The normalized spacial score (nSPS) is 11.6. The van der Waals surface area contributed by atoms with Gasteiger partial charge in [0.05, 0.1) is 17.0 Å². The SMILES string of the molecule is COc1ccc(S(=O)(=O)N(C)Cc2ccncc2)cc1Cl. The molecule has 1 aromatic heterocycles. The molecule has 0 amide bonds. The number of pyridine rings is 1. The fraction of sp³-hybridized carbons (Fsp3) is 0.214. The van der Waals surface area contributed by atoms with Crippen molar-refractivity contribution >= 4 is 21.6 Å². The lowest BCUT2D eigenvalue weighted by molar-refractivity contribution is 0.414. The minimum Gasteiger partial charge on any atom is -0.495 e. The summed E-state index contributed by atoms with van der Waals surface area (Å²) < 4.78 is 31.3. The Labute approximate surface area is 129 Å². The van der Waals surface area contributed by atoms with E-state index < -0.39 is 10.0 Å². The Morgan fingerprint density at radius 2 is 1.90 bits per heavy atom. The van der Waals surface area contributed by atoms with E-state index in [1.54, 1.807) is 24.5 Å². The summed E-state index contributed by atoms with van der Waals surface area (Å²) in [5.41, 5.74) is 0.857. The molecule has 5 nitrogen and oxygen atoms in total. The zero-order valence-electron chi connectivity index (χ0n) is 11.7. The zero-order chi connectivity index (χ0) is 15.5. The van der Waals surface area contributed by atoms with Gasteiger partial charge in [-0.1, -0.05) is 11.6 Å². The van der Waals surface area contributed by atoms with Gasteiger partial charge in [-0.05, 0) is 35.9 Å². The number of aromatic nitrogens is 1. The van der Waals surface area contributed by atoms with Gasteiger partial charge in [0.1, 0.15) is 5.75 Å². The summed E-state index contributed by atoms with van der Waals surface area (Å²) in [6.45, 7) is 0.258. The molecule has 1 heterocycles. The molecule has 1 aromatic carbocycles. The Hall–Kier alpha value is -1.63. The van der Waals surface area contributed by atoms with E-state index in [-0.39, 0.29) is 16.5 Å². The highest BCUT2D eigenvalue weighted by molar-refractivity contribution is 7.89. The minimum absolute atomic E-state index is 0.129. The third-order valence-electron chi connectivity index (χ3n) is 2.99. The van der Waals surface area contributed by atoms with E-state index >= 15 is 0 Å². The molecule has 0 aliphatic heterocycles. The molecule has 0 aliphatic carbocycles. The van der Waals surface area contributed by atoms with E-state index in [1.807, 2.05) is 0 Å². The summed E-state index contributed by atoms with van der Waals surface area (Å²) in [4.78, 5) is 4.03. The second kappa shape index (κ2) is 6.43. The molecule has 0 N–H and O–H groups in total. The van der Waals surface area contributed by atoms with Crippen molar-refractivity contribution in [3.63, 3.8) is 0 Å². The zero-order valence-corrected chi connectivity index (χ0v) is 13.2. The molecule has 0 fully saturated rings. The van der Waals surface area contributed by atoms with Crippen LogP contribution < -0.4 is 4.74 Å². The third kappa shape index (κ3) is 3.53. The largest absolute Gasteiger partial charge is 0.495 e. The van der Waals surface area contributed by atoms with Crippen LogP contribution in [0.15, 0.2) is 47.6 Å². The van der Waals surface area contributed by atoms with Crippen LogP contribution in [0.4, 0.5) is 0 Å². The average molecular weight is 327 g/mol. The topological polar surface area (TPSA) is 59.5 Å². The molecular weight excluding hydrogens is 312 g/mol. The summed E-state index contributed by atoms with van der Waals surface area (Å²) in [7, 11) is -0.613. The number of nitrogens with zero attached hydrogens (tertiary/aromatic N) is 2. The first-order valence-electron chi connectivity index (χ1n) is 6.14. The first kappa shape index (κ1) is 15.8. The van der Waals surface area contributed by atoms with Crippen LogP contribution in [-0.2, 0) is 16.6 Å². The maximum Gasteiger partial charge on any atom is 0.243 e. The van der Waals surface area contributed by atoms with Gasteiger partial charge < -0.3 is 4.74 Å². The van der Waals surface area contributed by atoms with Gasteiger partial charge >= 0.3 is 0 Å². The maximum atomic E-state index is 12.5. The molecule has 0 saturated carbocycles. The molecule has 2 aromatic rings. The molecule has 0 aliphatic rings. The molecule has 0 bridgehead atoms. The second-order valence-electron chi connectivity index (χ2n) is 4.41. The van der Waals surface area contributed by atoms with Crippen molar-refractivity contribution in [2.75, 3.05) is 14.2 Å². The number of benzene rings is 1. The molecule has 0 unspecified atom stereocenters. The van der Waals surface area contributed by atoms with Gasteiger partial charge in [-0.15, -0.1) is 0 Å². The number of hydrogen-bond acceptors (Lipinski definition) is 4. The summed E-state index contributed by atoms with van der Waals surface area (Å²) >= 11 is 5.98. The standard InChI is InChI=1S/C14H15ClN2O3S/c1-17(10-11-5-7-16-8-6-11)21(18,19)12-3-4-14(20-2)13(15)9-12/h3-9H,10H2,1-2H3. The van der Waals surface area contributed by atoms with Crippen LogP contribution in [0, 0.1) is 0 Å². The minimum atomic E-state index is -3.61. The summed E-state index contributed by atoms with van der Waals surface area (Å²) in [5.74, 6) is 0.437. The van der Waals surface area contributed by atoms with Gasteiger partial charge in [0.25, 0.3) is 0 Å². The van der Waals surface area contributed by atoms with Crippen LogP contribution in [0.25, 0.3) is 0 Å². The number of methoxy groups -OCH3 is 1. The summed E-state index contributed by atoms with van der Waals surface area (Å²) in [6.07, 6.45) is 3.25. The molecule has 112 valence electrons. The van der Waals surface area contributed by atoms with E-state index in [1.165, 1.54) is 36.7 Å². The molecule has 0 spiro atoms. The lowest BCUT2D eigenvalue weighted by atomic mass is 10.3. The molecule has 0 atom stereocenters. The van der Waals surface area contributed by atoms with Crippen LogP contribution in [-0.4, -0.2) is 31.9 Å². The van der Waals surface area contributed by atoms with Gasteiger partial charge in [0.2, 0.25) is 10.0 Å². The highest BCUT2D eigenvalue weighted by atomic mass is 35.5. The molecule has 7 heteroatoms. The van der Waals surface area contributed by atoms with Gasteiger partial charge in [-0.3, -0.25) is 4.98 Å². The number of rotatable bonds is 5. The monoisotopic (exact) mass is 326 g/mol. The fourth-order valence-corrected chi connectivity index (χ4v) is 3.33. The van der Waals surface area contributed by atoms with Crippen LogP contribution >= 0.6 is 11.6 Å². The number of ether oxygens (including phenoxy) is 1. The lowest BCUT2D eigenvalue weighted by Gasteiger charge is -2.17. The smallest absolute Gasteiger partial charge is 0.243 e. The van der Waals surface area contributed by atoms with Gasteiger partial charge in [-0.2, -0.15) is 4.31 Å². The predicted molar refractivity (Wildman–Crippen MR) is 80.9 cm³/mol. The van der Waals surface area contributed by atoms with Gasteiger partial charge in [0.15, 0.2) is 0 Å². The van der Waals surface area contributed by atoms with Crippen LogP contribution in [0.3, 0.4) is 0 Å². The first-order chi connectivity index (χ1) is 9.95. The first-order valence-corrected chi connectivity index (χ1v) is 7.95. The lowest BCUT2D eigenvalue weighted by Crippen LogP contribution is -2.26. The van der Waals surface area contributed by atoms with Gasteiger partial charge in [-0.25, -0.2) is 8.42 Å². The number of halogens is 1. The Kier molecular flexibility index (Phi) is 4.82. The van der Waals surface area contributed by atoms with Gasteiger partial charge in [0, 0.05) is 26.0 Å². The van der Waals surface area contributed by atoms with Crippen LogP contribution in [0.1, 0.15) is 5.56 Å². The number of sulfonamides is 1. The van der Waals surface area contributed by atoms with Crippen LogP contribution in [0.5, 0.6) is 5.75 Å². The van der Waals surface area contributed by atoms with Crippen molar-refractivity contribution < 1.29 is 13.2 Å². The second-order valence-corrected chi connectivity index (χ2v) is 6.86. The summed E-state index contributed by atoms with van der Waals surface area (Å²) in [6, 6.07) is 7.94. The Morgan fingerprint density at radius 1 is 1.24 bits per heavy atom. The van der Waals surface area contributed by atoms with Crippen molar-refractivity contribution in [1.29, 1.82) is 0 Å². The maximum absolute atomic E-state index is 12.5. The van der Waals surface area contributed by atoms with Crippen molar-refractivity contribution in [2.45, 2.75) is 11.4 Å². The van der Waals surface area contributed by atoms with Crippen molar-refractivity contribution in [2.24, 2.45) is 0 Å². The Balaban J connectivity index is 2.27. The van der Waals surface area contributed by atoms with Crippen molar-refractivity contribution in [3.8, 4) is 5.75 Å². The number of hydrogen-bond donors (Lipinski definition) is 0. The molecule has 0 radical (unpaired) electrons. The van der Waals surface area contributed by atoms with E-state index in [9.17, 15) is 8.42 Å². The highest BCUT2D eigenvalue weighted by Crippen LogP contribution is 2.28. The predicted octanol–water partition coefficient (Wildman–Crippen LogP) is 2.56. The van der Waals surface area contributed by atoms with E-state index in [0.717, 1.165) is 5.56 Å². The molecule has 21 heavy (non-hydrogen) atoms. The van der Waals surface area contributed by atoms with E-state index in [2.05, 4.69) is 4.98 Å². The molecular formula is C14H15ClN2O3S.